The predicted molar refractivity (Wildman–Crippen MR) is 95.6 cm³/mol. The average molecular weight is 360 g/mol. The van der Waals surface area contributed by atoms with E-state index in [4.69, 9.17) is 9.47 Å². The Bertz CT molecular complexity index is 791. The summed E-state index contributed by atoms with van der Waals surface area (Å²) in [7, 11) is 3.23. The van der Waals surface area contributed by atoms with Gasteiger partial charge in [0, 0.05) is 33.2 Å². The van der Waals surface area contributed by atoms with Crippen molar-refractivity contribution >= 4 is 6.09 Å². The second kappa shape index (κ2) is 8.18. The lowest BCUT2D eigenvalue weighted by molar-refractivity contribution is 0.0656. The lowest BCUT2D eigenvalue weighted by Crippen LogP contribution is -2.39. The van der Waals surface area contributed by atoms with Gasteiger partial charge in [0.15, 0.2) is 0 Å². The molecule has 1 aromatic heterocycles. The summed E-state index contributed by atoms with van der Waals surface area (Å²) in [6, 6.07) is 9.51. The number of carbonyl (C=O) groups excluding carboxylic acids is 1. The summed E-state index contributed by atoms with van der Waals surface area (Å²) in [5, 5.41) is 4.46. The van der Waals surface area contributed by atoms with Gasteiger partial charge < -0.3 is 14.4 Å². The third kappa shape index (κ3) is 3.80. The largest absolute Gasteiger partial charge is 0.447 e. The number of amides is 1. The van der Waals surface area contributed by atoms with Crippen molar-refractivity contribution in [1.29, 1.82) is 0 Å². The van der Waals surface area contributed by atoms with Crippen LogP contribution in [-0.2, 0) is 16.5 Å². The zero-order valence-electron chi connectivity index (χ0n) is 15.1. The number of benzene rings is 1. The van der Waals surface area contributed by atoms with Crippen molar-refractivity contribution in [2.75, 3.05) is 33.4 Å². The highest BCUT2D eigenvalue weighted by Gasteiger charge is 2.29. The highest BCUT2D eigenvalue weighted by Crippen LogP contribution is 2.27. The third-order valence-electron chi connectivity index (χ3n) is 4.60. The van der Waals surface area contributed by atoms with Gasteiger partial charge in [-0.05, 0) is 25.0 Å². The number of rotatable bonds is 5. The first-order valence-corrected chi connectivity index (χ1v) is 8.74. The minimum atomic E-state index is -0.318. The van der Waals surface area contributed by atoms with Gasteiger partial charge in [0.25, 0.3) is 0 Å². The summed E-state index contributed by atoms with van der Waals surface area (Å²) < 4.78 is 13.1. The van der Waals surface area contributed by atoms with Crippen LogP contribution < -0.4 is 5.69 Å². The molecule has 0 saturated carbocycles. The zero-order chi connectivity index (χ0) is 18.5. The number of ether oxygens (including phenoxy) is 2. The minimum Gasteiger partial charge on any atom is -0.447 e. The topological polar surface area (TPSA) is 78.6 Å². The Hall–Kier alpha value is -2.61. The van der Waals surface area contributed by atoms with Crippen LogP contribution in [0, 0.1) is 0 Å². The van der Waals surface area contributed by atoms with Crippen LogP contribution >= 0.6 is 0 Å². The Balaban J connectivity index is 1.72. The van der Waals surface area contributed by atoms with Crippen molar-refractivity contribution in [3.05, 3.63) is 46.6 Å². The standard InChI is InChI=1S/C18H24N4O4/c1-20-17(23)22(15-6-4-3-5-7-15)16(19-20)14-8-10-21(11-9-14)18(24)26-13-12-25-2/h3-7,14H,8-13H2,1-2H3. The van der Waals surface area contributed by atoms with Gasteiger partial charge in [-0.15, -0.1) is 0 Å². The Kier molecular flexibility index (Phi) is 5.72. The highest BCUT2D eigenvalue weighted by molar-refractivity contribution is 5.67. The Morgan fingerprint density at radius 1 is 1.19 bits per heavy atom. The molecule has 140 valence electrons. The van der Waals surface area contributed by atoms with Crippen LogP contribution in [0.4, 0.5) is 4.79 Å². The fraction of sp³-hybridized carbons (Fsp3) is 0.500. The molecule has 1 saturated heterocycles. The molecular formula is C18H24N4O4. The number of carbonyl (C=O) groups is 1. The second-order valence-electron chi connectivity index (χ2n) is 6.30. The summed E-state index contributed by atoms with van der Waals surface area (Å²) in [6.45, 7) is 1.80. The van der Waals surface area contributed by atoms with Crippen molar-refractivity contribution in [2.45, 2.75) is 18.8 Å². The van der Waals surface area contributed by atoms with E-state index in [2.05, 4.69) is 5.10 Å². The molecule has 1 aliphatic heterocycles. The Labute approximate surface area is 151 Å². The number of hydrogen-bond acceptors (Lipinski definition) is 5. The van der Waals surface area contributed by atoms with E-state index < -0.39 is 0 Å². The van der Waals surface area contributed by atoms with Crippen molar-refractivity contribution in [3.8, 4) is 5.69 Å². The summed E-state index contributed by atoms with van der Waals surface area (Å²) in [5.41, 5.74) is 0.648. The molecule has 8 nitrogen and oxygen atoms in total. The first kappa shape index (κ1) is 18.2. The molecule has 1 aliphatic rings. The molecule has 0 aliphatic carbocycles. The van der Waals surface area contributed by atoms with Crippen LogP contribution in [0.25, 0.3) is 5.69 Å². The number of para-hydroxylation sites is 1. The second-order valence-corrected chi connectivity index (χ2v) is 6.30. The van der Waals surface area contributed by atoms with Gasteiger partial charge in [0.1, 0.15) is 12.4 Å². The summed E-state index contributed by atoms with van der Waals surface area (Å²) in [5.74, 6) is 0.864. The zero-order valence-corrected chi connectivity index (χ0v) is 15.1. The molecule has 0 unspecified atom stereocenters. The maximum absolute atomic E-state index is 12.5. The van der Waals surface area contributed by atoms with E-state index in [9.17, 15) is 9.59 Å². The van der Waals surface area contributed by atoms with Crippen LogP contribution in [0.15, 0.2) is 35.1 Å². The van der Waals surface area contributed by atoms with Crippen LogP contribution in [0.3, 0.4) is 0 Å². The smallest absolute Gasteiger partial charge is 0.409 e. The number of nitrogens with zero attached hydrogens (tertiary/aromatic N) is 4. The molecular weight excluding hydrogens is 336 g/mol. The number of aromatic nitrogens is 3. The third-order valence-corrected chi connectivity index (χ3v) is 4.60. The number of likely N-dealkylation sites (tertiary alicyclic amines) is 1. The van der Waals surface area contributed by atoms with Crippen molar-refractivity contribution in [1.82, 2.24) is 19.2 Å². The molecule has 2 heterocycles. The normalized spacial score (nSPS) is 15.2. The Morgan fingerprint density at radius 3 is 2.54 bits per heavy atom. The Morgan fingerprint density at radius 2 is 1.88 bits per heavy atom. The number of aryl methyl sites for hydroxylation is 1. The lowest BCUT2D eigenvalue weighted by Gasteiger charge is -2.30. The van der Waals surface area contributed by atoms with Crippen LogP contribution in [0.1, 0.15) is 24.6 Å². The van der Waals surface area contributed by atoms with E-state index in [0.717, 1.165) is 24.4 Å². The predicted octanol–water partition coefficient (Wildman–Crippen LogP) is 1.53. The first-order valence-electron chi connectivity index (χ1n) is 8.74. The molecule has 1 aromatic carbocycles. The monoisotopic (exact) mass is 360 g/mol. The van der Waals surface area contributed by atoms with E-state index in [1.165, 1.54) is 4.68 Å². The van der Waals surface area contributed by atoms with Crippen molar-refractivity contribution in [2.24, 2.45) is 7.05 Å². The van der Waals surface area contributed by atoms with E-state index >= 15 is 0 Å². The van der Waals surface area contributed by atoms with Gasteiger partial charge in [0.2, 0.25) is 0 Å². The highest BCUT2D eigenvalue weighted by atomic mass is 16.6. The molecule has 1 amide bonds. The quantitative estimate of drug-likeness (QED) is 0.756. The van der Waals surface area contributed by atoms with Gasteiger partial charge in [-0.3, -0.25) is 0 Å². The number of methoxy groups -OCH3 is 1. The molecule has 0 bridgehead atoms. The molecule has 3 rings (SSSR count). The lowest BCUT2D eigenvalue weighted by atomic mass is 9.96. The van der Waals surface area contributed by atoms with Crippen LogP contribution in [0.5, 0.6) is 0 Å². The van der Waals surface area contributed by atoms with E-state index in [1.807, 2.05) is 30.3 Å². The SMILES string of the molecule is COCCOC(=O)N1CCC(c2nn(C)c(=O)n2-c2ccccc2)CC1. The molecule has 0 radical (unpaired) electrons. The molecule has 2 aromatic rings. The molecule has 26 heavy (non-hydrogen) atoms. The fourth-order valence-corrected chi connectivity index (χ4v) is 3.19. The molecule has 1 fully saturated rings. The van der Waals surface area contributed by atoms with Gasteiger partial charge in [0.05, 0.1) is 12.3 Å². The number of piperidine rings is 1. The maximum atomic E-state index is 12.5. The average Bonchev–Trinajstić information content (AvgIpc) is 2.97. The maximum Gasteiger partial charge on any atom is 0.409 e. The summed E-state index contributed by atoms with van der Waals surface area (Å²) in [6.07, 6.45) is 1.16. The number of hydrogen-bond donors (Lipinski definition) is 0. The van der Waals surface area contributed by atoms with E-state index in [-0.39, 0.29) is 24.3 Å². The molecule has 0 N–H and O–H groups in total. The first-order chi connectivity index (χ1) is 12.6. The van der Waals surface area contributed by atoms with E-state index in [0.29, 0.717) is 19.7 Å². The van der Waals surface area contributed by atoms with E-state index in [1.54, 1.807) is 23.6 Å². The van der Waals surface area contributed by atoms with Gasteiger partial charge in [-0.25, -0.2) is 18.8 Å². The summed E-state index contributed by atoms with van der Waals surface area (Å²) >= 11 is 0. The molecule has 0 spiro atoms. The van der Waals surface area contributed by atoms with Crippen LogP contribution in [-0.4, -0.2) is 58.8 Å². The molecule has 8 heteroatoms. The van der Waals surface area contributed by atoms with Crippen LogP contribution in [0.2, 0.25) is 0 Å². The van der Waals surface area contributed by atoms with Gasteiger partial charge >= 0.3 is 11.8 Å². The summed E-state index contributed by atoms with van der Waals surface area (Å²) in [4.78, 5) is 26.2. The van der Waals surface area contributed by atoms with Gasteiger partial charge in [-0.2, -0.15) is 5.10 Å². The molecule has 0 atom stereocenters. The van der Waals surface area contributed by atoms with Gasteiger partial charge in [-0.1, -0.05) is 18.2 Å². The minimum absolute atomic E-state index is 0.118. The van der Waals surface area contributed by atoms with Crippen molar-refractivity contribution < 1.29 is 14.3 Å². The fourth-order valence-electron chi connectivity index (χ4n) is 3.19. The van der Waals surface area contributed by atoms with Crippen molar-refractivity contribution in [3.63, 3.8) is 0 Å².